The van der Waals surface area contributed by atoms with E-state index in [1.54, 1.807) is 13.8 Å². The Morgan fingerprint density at radius 3 is 2.42 bits per heavy atom. The summed E-state index contributed by atoms with van der Waals surface area (Å²) in [5, 5.41) is 17.5. The maximum Gasteiger partial charge on any atom is 0.304 e. The van der Waals surface area contributed by atoms with Gasteiger partial charge in [0.15, 0.2) is 0 Å². The lowest BCUT2D eigenvalue weighted by atomic mass is 10.1. The second-order valence-electron chi connectivity index (χ2n) is 3.24. The van der Waals surface area contributed by atoms with E-state index < -0.39 is 11.6 Å². The van der Waals surface area contributed by atoms with Crippen LogP contribution in [0.2, 0.25) is 0 Å². The molecule has 0 heterocycles. The van der Waals surface area contributed by atoms with E-state index in [1.165, 1.54) is 0 Å². The number of carboxylic acids is 1. The molecule has 5 heteroatoms. The molecule has 0 saturated carbocycles. The fraction of sp³-hybridized carbons (Fsp3) is 0.857. The smallest absolute Gasteiger partial charge is 0.304 e. The van der Waals surface area contributed by atoms with Crippen molar-refractivity contribution in [2.75, 3.05) is 13.1 Å². The van der Waals surface area contributed by atoms with Crippen molar-refractivity contribution in [3.8, 4) is 0 Å². The van der Waals surface area contributed by atoms with Crippen LogP contribution in [0.25, 0.3) is 0 Å². The zero-order chi connectivity index (χ0) is 9.61. The van der Waals surface area contributed by atoms with Gasteiger partial charge < -0.3 is 10.2 Å². The second-order valence-corrected chi connectivity index (χ2v) is 3.24. The second kappa shape index (κ2) is 5.08. The number of aliphatic carboxylic acids is 1. The standard InChI is InChI=1S/C7H16N2O3/c1-7(2,12)5-9-8-4-3-6(10)11/h8-9,12H,3-5H2,1-2H3,(H,10,11). The number of aliphatic hydroxyl groups is 1. The lowest BCUT2D eigenvalue weighted by molar-refractivity contribution is -0.136. The SMILES string of the molecule is CC(C)(O)CNNCCC(=O)O. The van der Waals surface area contributed by atoms with E-state index in [9.17, 15) is 9.90 Å². The minimum absolute atomic E-state index is 0.0683. The van der Waals surface area contributed by atoms with Crippen LogP contribution in [0.1, 0.15) is 20.3 Å². The Hall–Kier alpha value is -0.650. The third-order valence-corrected chi connectivity index (χ3v) is 1.11. The van der Waals surface area contributed by atoms with Gasteiger partial charge in [0, 0.05) is 13.1 Å². The third-order valence-electron chi connectivity index (χ3n) is 1.11. The van der Waals surface area contributed by atoms with Crippen LogP contribution in [0.15, 0.2) is 0 Å². The molecule has 0 atom stereocenters. The largest absolute Gasteiger partial charge is 0.481 e. The van der Waals surface area contributed by atoms with Crippen molar-refractivity contribution >= 4 is 5.97 Å². The number of hydrazine groups is 1. The average Bonchev–Trinajstić information content (AvgIpc) is 1.83. The summed E-state index contributed by atoms with van der Waals surface area (Å²) in [6.45, 7) is 4.07. The lowest BCUT2D eigenvalue weighted by Crippen LogP contribution is -2.43. The molecule has 0 aromatic rings. The van der Waals surface area contributed by atoms with E-state index in [4.69, 9.17) is 5.11 Å². The molecule has 0 unspecified atom stereocenters. The van der Waals surface area contributed by atoms with Gasteiger partial charge in [-0.05, 0) is 13.8 Å². The first-order valence-corrected chi connectivity index (χ1v) is 3.82. The van der Waals surface area contributed by atoms with Crippen LogP contribution >= 0.6 is 0 Å². The van der Waals surface area contributed by atoms with E-state index in [-0.39, 0.29) is 6.42 Å². The highest BCUT2D eigenvalue weighted by Gasteiger charge is 2.10. The van der Waals surface area contributed by atoms with Crippen LogP contribution in [0.4, 0.5) is 0 Å². The highest BCUT2D eigenvalue weighted by atomic mass is 16.4. The Kier molecular flexibility index (Phi) is 4.80. The molecule has 0 aliphatic rings. The number of carbonyl (C=O) groups is 1. The molecule has 0 amide bonds. The Bertz CT molecular complexity index is 142. The molecule has 0 rings (SSSR count). The highest BCUT2D eigenvalue weighted by Crippen LogP contribution is 1.95. The van der Waals surface area contributed by atoms with Crippen LogP contribution in [0, 0.1) is 0 Å². The van der Waals surface area contributed by atoms with Crippen molar-refractivity contribution in [1.82, 2.24) is 10.9 Å². The molecule has 0 aromatic heterocycles. The van der Waals surface area contributed by atoms with Gasteiger partial charge in [-0.3, -0.25) is 15.6 Å². The molecule has 0 radical (unpaired) electrons. The zero-order valence-electron chi connectivity index (χ0n) is 7.42. The topological polar surface area (TPSA) is 81.6 Å². The maximum atomic E-state index is 10.0. The van der Waals surface area contributed by atoms with Gasteiger partial charge in [-0.15, -0.1) is 0 Å². The third kappa shape index (κ3) is 9.35. The number of hydrogen-bond acceptors (Lipinski definition) is 4. The molecule has 0 aliphatic heterocycles. The monoisotopic (exact) mass is 176 g/mol. The molecule has 0 spiro atoms. The van der Waals surface area contributed by atoms with E-state index in [0.717, 1.165) is 0 Å². The summed E-state index contributed by atoms with van der Waals surface area (Å²) in [5.74, 6) is -0.840. The van der Waals surface area contributed by atoms with E-state index >= 15 is 0 Å². The fourth-order valence-corrected chi connectivity index (χ4v) is 0.537. The first kappa shape index (κ1) is 11.4. The molecule has 12 heavy (non-hydrogen) atoms. The summed E-state index contributed by atoms with van der Waals surface area (Å²) in [4.78, 5) is 10.0. The number of nitrogens with one attached hydrogen (secondary N) is 2. The number of rotatable bonds is 6. The average molecular weight is 176 g/mol. The van der Waals surface area contributed by atoms with E-state index in [1.807, 2.05) is 0 Å². The van der Waals surface area contributed by atoms with Gasteiger partial charge in [-0.1, -0.05) is 0 Å². The van der Waals surface area contributed by atoms with Crippen LogP contribution in [0.3, 0.4) is 0 Å². The van der Waals surface area contributed by atoms with Gasteiger partial charge in [0.05, 0.1) is 12.0 Å². The minimum atomic E-state index is -0.840. The Balaban J connectivity index is 3.17. The van der Waals surface area contributed by atoms with Crippen molar-refractivity contribution < 1.29 is 15.0 Å². The molecular formula is C7H16N2O3. The summed E-state index contributed by atoms with van der Waals surface area (Å²) >= 11 is 0. The summed E-state index contributed by atoms with van der Waals surface area (Å²) in [6, 6.07) is 0. The predicted octanol–water partition coefficient (Wildman–Crippen LogP) is -0.674. The molecule has 0 aliphatic carbocycles. The van der Waals surface area contributed by atoms with E-state index in [2.05, 4.69) is 10.9 Å². The maximum absolute atomic E-state index is 10.0. The van der Waals surface area contributed by atoms with Gasteiger partial charge >= 0.3 is 5.97 Å². The number of hydrogen-bond donors (Lipinski definition) is 4. The van der Waals surface area contributed by atoms with Crippen LogP contribution < -0.4 is 10.9 Å². The summed E-state index contributed by atoms with van der Waals surface area (Å²) in [6.07, 6.45) is 0.0683. The molecule has 4 N–H and O–H groups in total. The van der Waals surface area contributed by atoms with Gasteiger partial charge in [-0.2, -0.15) is 0 Å². The van der Waals surface area contributed by atoms with Crippen LogP contribution in [-0.2, 0) is 4.79 Å². The van der Waals surface area contributed by atoms with Crippen LogP contribution in [0.5, 0.6) is 0 Å². The molecule has 0 saturated heterocycles. The zero-order valence-corrected chi connectivity index (χ0v) is 7.42. The Morgan fingerprint density at radius 1 is 1.42 bits per heavy atom. The predicted molar refractivity (Wildman–Crippen MR) is 44.6 cm³/mol. The summed E-state index contributed by atoms with van der Waals surface area (Å²) < 4.78 is 0. The summed E-state index contributed by atoms with van der Waals surface area (Å²) in [7, 11) is 0. The van der Waals surface area contributed by atoms with Crippen molar-refractivity contribution in [1.29, 1.82) is 0 Å². The van der Waals surface area contributed by atoms with Gasteiger partial charge in [0.1, 0.15) is 0 Å². The fourth-order valence-electron chi connectivity index (χ4n) is 0.537. The van der Waals surface area contributed by atoms with Crippen molar-refractivity contribution in [3.63, 3.8) is 0 Å². The number of carboxylic acid groups (broad SMARTS) is 1. The lowest BCUT2D eigenvalue weighted by Gasteiger charge is -2.17. The van der Waals surface area contributed by atoms with Gasteiger partial charge in [0.2, 0.25) is 0 Å². The quantitative estimate of drug-likeness (QED) is 0.318. The molecule has 72 valence electrons. The highest BCUT2D eigenvalue weighted by molar-refractivity contribution is 5.66. The molecule has 0 fully saturated rings. The van der Waals surface area contributed by atoms with Crippen molar-refractivity contribution in [3.05, 3.63) is 0 Å². The summed E-state index contributed by atoms with van der Waals surface area (Å²) in [5.41, 5.74) is 4.62. The first-order chi connectivity index (χ1) is 5.42. The van der Waals surface area contributed by atoms with Crippen molar-refractivity contribution in [2.45, 2.75) is 25.9 Å². The van der Waals surface area contributed by atoms with Gasteiger partial charge in [0.25, 0.3) is 0 Å². The Labute approximate surface area is 71.7 Å². The molecule has 0 aromatic carbocycles. The normalized spacial score (nSPS) is 11.6. The van der Waals surface area contributed by atoms with E-state index in [0.29, 0.717) is 13.1 Å². The van der Waals surface area contributed by atoms with Crippen LogP contribution in [-0.4, -0.2) is 34.9 Å². The molecular weight excluding hydrogens is 160 g/mol. The van der Waals surface area contributed by atoms with Gasteiger partial charge in [-0.25, -0.2) is 0 Å². The van der Waals surface area contributed by atoms with Crippen molar-refractivity contribution in [2.24, 2.45) is 0 Å². The molecule has 0 bridgehead atoms. The Morgan fingerprint density at radius 2 is 2.00 bits per heavy atom. The minimum Gasteiger partial charge on any atom is -0.481 e. The first-order valence-electron chi connectivity index (χ1n) is 3.82. The molecule has 5 nitrogen and oxygen atoms in total.